The second kappa shape index (κ2) is 6.21. The number of nitrogens with one attached hydrogen (secondary N) is 1. The molecule has 1 saturated heterocycles. The van der Waals surface area contributed by atoms with Crippen molar-refractivity contribution in [3.8, 4) is 11.1 Å². The maximum absolute atomic E-state index is 5.67. The minimum absolute atomic E-state index is 0.176. The number of nitrogens with zero attached hydrogens (tertiary/aromatic N) is 4. The van der Waals surface area contributed by atoms with Gasteiger partial charge in [0.25, 0.3) is 6.01 Å². The molecule has 1 aliphatic heterocycles. The Bertz CT molecular complexity index is 1140. The Morgan fingerprint density at radius 1 is 1.19 bits per heavy atom. The largest absolute Gasteiger partial charge is 0.424 e. The van der Waals surface area contributed by atoms with Crippen LogP contribution in [0.1, 0.15) is 6.92 Å². The Labute approximate surface area is 156 Å². The lowest BCUT2D eigenvalue weighted by molar-refractivity contribution is 0.482. The van der Waals surface area contributed by atoms with Gasteiger partial charge in [-0.1, -0.05) is 18.2 Å². The fraction of sp³-hybridized carbons (Fsp3) is 0.250. The van der Waals surface area contributed by atoms with Crippen molar-refractivity contribution in [2.45, 2.75) is 13.0 Å². The number of hydrogen-bond acceptors (Lipinski definition) is 7. The van der Waals surface area contributed by atoms with E-state index in [4.69, 9.17) is 15.1 Å². The molecule has 7 heteroatoms. The lowest BCUT2D eigenvalue weighted by Gasteiger charge is -2.32. The van der Waals surface area contributed by atoms with Crippen molar-refractivity contribution < 1.29 is 4.42 Å². The summed E-state index contributed by atoms with van der Waals surface area (Å²) in [5, 5.41) is 3.46. The molecule has 2 aromatic heterocycles. The summed E-state index contributed by atoms with van der Waals surface area (Å²) in [4.78, 5) is 16.1. The molecule has 0 bridgehead atoms. The quantitative estimate of drug-likeness (QED) is 0.568. The number of benzene rings is 2. The highest BCUT2D eigenvalue weighted by molar-refractivity contribution is 5.94. The van der Waals surface area contributed by atoms with E-state index in [0.29, 0.717) is 11.6 Å². The molecule has 7 nitrogen and oxygen atoms in total. The zero-order valence-corrected chi connectivity index (χ0v) is 15.0. The fourth-order valence-corrected chi connectivity index (χ4v) is 3.66. The van der Waals surface area contributed by atoms with Crippen LogP contribution in [0.15, 0.2) is 47.0 Å². The van der Waals surface area contributed by atoms with Crippen LogP contribution in [0.25, 0.3) is 33.3 Å². The van der Waals surface area contributed by atoms with E-state index in [1.807, 2.05) is 36.5 Å². The van der Waals surface area contributed by atoms with Crippen LogP contribution in [0.4, 0.5) is 11.8 Å². The van der Waals surface area contributed by atoms with Gasteiger partial charge in [-0.05, 0) is 30.7 Å². The number of nitrogen functional groups attached to an aromatic ring is 1. The summed E-state index contributed by atoms with van der Waals surface area (Å²) >= 11 is 0. The van der Waals surface area contributed by atoms with Gasteiger partial charge >= 0.3 is 0 Å². The summed E-state index contributed by atoms with van der Waals surface area (Å²) in [6.45, 7) is 4.98. The van der Waals surface area contributed by atoms with Gasteiger partial charge in [0.1, 0.15) is 11.3 Å². The van der Waals surface area contributed by atoms with Crippen LogP contribution in [0.2, 0.25) is 0 Å². The van der Waals surface area contributed by atoms with Gasteiger partial charge in [-0.3, -0.25) is 4.98 Å². The molecule has 1 fully saturated rings. The van der Waals surface area contributed by atoms with Gasteiger partial charge in [-0.15, -0.1) is 0 Å². The topological polar surface area (TPSA) is 93.1 Å². The molecule has 0 aliphatic carbocycles. The Balaban J connectivity index is 1.63. The van der Waals surface area contributed by atoms with E-state index in [1.165, 1.54) is 0 Å². The smallest absolute Gasteiger partial charge is 0.292 e. The van der Waals surface area contributed by atoms with E-state index in [9.17, 15) is 0 Å². The first-order valence-electron chi connectivity index (χ1n) is 9.08. The van der Waals surface area contributed by atoms with Gasteiger partial charge < -0.3 is 20.4 Å². The van der Waals surface area contributed by atoms with Crippen LogP contribution < -0.4 is 16.0 Å². The Morgan fingerprint density at radius 2 is 2.11 bits per heavy atom. The number of piperazine rings is 1. The van der Waals surface area contributed by atoms with Crippen molar-refractivity contribution in [3.05, 3.63) is 42.6 Å². The van der Waals surface area contributed by atoms with Crippen LogP contribution in [0.3, 0.4) is 0 Å². The highest BCUT2D eigenvalue weighted by Gasteiger charge is 2.18. The van der Waals surface area contributed by atoms with E-state index < -0.39 is 0 Å². The molecule has 3 N–H and O–H groups in total. The minimum Gasteiger partial charge on any atom is -0.424 e. The predicted molar refractivity (Wildman–Crippen MR) is 107 cm³/mol. The molecule has 2 aromatic carbocycles. The molecule has 1 unspecified atom stereocenters. The molecule has 1 atom stereocenters. The van der Waals surface area contributed by atoms with Crippen LogP contribution >= 0.6 is 0 Å². The predicted octanol–water partition coefficient (Wildman–Crippen LogP) is 2.82. The Kier molecular flexibility index (Phi) is 3.68. The first-order chi connectivity index (χ1) is 13.2. The zero-order valence-electron chi connectivity index (χ0n) is 15.0. The van der Waals surface area contributed by atoms with Gasteiger partial charge in [0, 0.05) is 31.2 Å². The molecule has 0 saturated carbocycles. The molecular weight excluding hydrogens is 340 g/mol. The van der Waals surface area contributed by atoms with E-state index in [2.05, 4.69) is 33.2 Å². The van der Waals surface area contributed by atoms with Crippen LogP contribution in [-0.2, 0) is 0 Å². The van der Waals surface area contributed by atoms with Gasteiger partial charge in [-0.25, -0.2) is 4.98 Å². The van der Waals surface area contributed by atoms with E-state index in [0.717, 1.165) is 53.1 Å². The number of para-hydroxylation sites is 1. The van der Waals surface area contributed by atoms with Gasteiger partial charge in [0.05, 0.1) is 17.2 Å². The molecular formula is C20H20N6O. The third-order valence-electron chi connectivity index (χ3n) is 4.97. The summed E-state index contributed by atoms with van der Waals surface area (Å²) in [6.07, 6.45) is 1.87. The second-order valence-corrected chi connectivity index (χ2v) is 6.94. The van der Waals surface area contributed by atoms with Gasteiger partial charge in [0.15, 0.2) is 5.58 Å². The summed E-state index contributed by atoms with van der Waals surface area (Å²) in [6, 6.07) is 12.5. The fourth-order valence-electron chi connectivity index (χ4n) is 3.66. The number of fused-ring (bicyclic) bond motifs is 2. The third kappa shape index (κ3) is 2.86. The Hall–Kier alpha value is -3.19. The van der Waals surface area contributed by atoms with Crippen molar-refractivity contribution in [1.29, 1.82) is 0 Å². The van der Waals surface area contributed by atoms with Crippen molar-refractivity contribution >= 4 is 34.0 Å². The standard InChI is InChI=1S/C20H20N6O/c1-12-11-26(8-7-22-12)18-10-23-16-4-2-3-14(19(16)25-18)13-5-6-15-17(9-13)27-20(21)24-15/h2-6,9-10,12,22H,7-8,11H2,1H3,(H2,21,24). The molecule has 4 aromatic rings. The SMILES string of the molecule is CC1CN(c2cnc3cccc(-c4ccc5nc(N)oc5c4)c3n2)CCN1. The molecule has 0 radical (unpaired) electrons. The molecule has 27 heavy (non-hydrogen) atoms. The average Bonchev–Trinajstić information content (AvgIpc) is 3.06. The first kappa shape index (κ1) is 16.0. The number of anilines is 2. The van der Waals surface area contributed by atoms with Crippen LogP contribution in [0.5, 0.6) is 0 Å². The maximum atomic E-state index is 5.67. The summed E-state index contributed by atoms with van der Waals surface area (Å²) in [5.41, 5.74) is 10.9. The number of oxazole rings is 1. The molecule has 136 valence electrons. The van der Waals surface area contributed by atoms with Crippen molar-refractivity contribution in [2.75, 3.05) is 30.3 Å². The van der Waals surface area contributed by atoms with Crippen molar-refractivity contribution in [1.82, 2.24) is 20.3 Å². The number of rotatable bonds is 2. The Morgan fingerprint density at radius 3 is 3.00 bits per heavy atom. The van der Waals surface area contributed by atoms with Crippen LogP contribution in [0, 0.1) is 0 Å². The van der Waals surface area contributed by atoms with Crippen LogP contribution in [-0.4, -0.2) is 40.6 Å². The average molecular weight is 360 g/mol. The summed E-state index contributed by atoms with van der Waals surface area (Å²) < 4.78 is 5.49. The number of nitrogens with two attached hydrogens (primary N) is 1. The highest BCUT2D eigenvalue weighted by Crippen LogP contribution is 2.30. The highest BCUT2D eigenvalue weighted by atomic mass is 16.4. The number of hydrogen-bond donors (Lipinski definition) is 2. The molecule has 5 rings (SSSR count). The molecule has 1 aliphatic rings. The normalized spacial score (nSPS) is 17.7. The second-order valence-electron chi connectivity index (χ2n) is 6.94. The molecule has 0 amide bonds. The maximum Gasteiger partial charge on any atom is 0.292 e. The molecule has 3 heterocycles. The number of aromatic nitrogens is 3. The lowest BCUT2D eigenvalue weighted by atomic mass is 10.0. The van der Waals surface area contributed by atoms with Gasteiger partial charge in [-0.2, -0.15) is 4.98 Å². The monoisotopic (exact) mass is 360 g/mol. The van der Waals surface area contributed by atoms with E-state index in [-0.39, 0.29) is 6.01 Å². The van der Waals surface area contributed by atoms with E-state index in [1.54, 1.807) is 0 Å². The first-order valence-corrected chi connectivity index (χ1v) is 9.08. The minimum atomic E-state index is 0.176. The third-order valence-corrected chi connectivity index (χ3v) is 4.97. The zero-order chi connectivity index (χ0) is 18.4. The van der Waals surface area contributed by atoms with Crippen molar-refractivity contribution in [3.63, 3.8) is 0 Å². The van der Waals surface area contributed by atoms with Crippen molar-refractivity contribution in [2.24, 2.45) is 0 Å². The van der Waals surface area contributed by atoms with E-state index >= 15 is 0 Å². The lowest BCUT2D eigenvalue weighted by Crippen LogP contribution is -2.49. The molecule has 0 spiro atoms. The summed E-state index contributed by atoms with van der Waals surface area (Å²) in [5.74, 6) is 0.910. The summed E-state index contributed by atoms with van der Waals surface area (Å²) in [7, 11) is 0. The van der Waals surface area contributed by atoms with Gasteiger partial charge in [0.2, 0.25) is 0 Å².